The second kappa shape index (κ2) is 5.76. The first-order valence-corrected chi connectivity index (χ1v) is 9.08. The molecule has 7 heteroatoms. The number of carbonyl (C=O) groups is 2. The van der Waals surface area contributed by atoms with E-state index >= 15 is 0 Å². The third kappa shape index (κ3) is 2.67. The largest absolute Gasteiger partial charge is 0.283 e. The summed E-state index contributed by atoms with van der Waals surface area (Å²) in [7, 11) is -3.45. The molecule has 0 fully saturated rings. The fraction of sp³-hybridized carbons (Fsp3) is 0.176. The molecule has 0 spiro atoms. The van der Waals surface area contributed by atoms with Crippen molar-refractivity contribution in [2.45, 2.75) is 13.8 Å². The molecule has 0 saturated carbocycles. The highest BCUT2D eigenvalue weighted by atomic mass is 32.2. The van der Waals surface area contributed by atoms with Crippen LogP contribution < -0.4 is 9.62 Å². The van der Waals surface area contributed by atoms with Gasteiger partial charge < -0.3 is 0 Å². The van der Waals surface area contributed by atoms with Crippen LogP contribution in [-0.2, 0) is 10.0 Å². The van der Waals surface area contributed by atoms with Crippen molar-refractivity contribution in [3.63, 3.8) is 0 Å². The van der Waals surface area contributed by atoms with Gasteiger partial charge in [-0.1, -0.05) is 18.2 Å². The van der Waals surface area contributed by atoms with Gasteiger partial charge in [0.25, 0.3) is 11.8 Å². The predicted molar refractivity (Wildman–Crippen MR) is 91.8 cm³/mol. The predicted octanol–water partition coefficient (Wildman–Crippen LogP) is 2.56. The fourth-order valence-electron chi connectivity index (χ4n) is 2.52. The zero-order valence-electron chi connectivity index (χ0n) is 13.2. The van der Waals surface area contributed by atoms with E-state index in [0.29, 0.717) is 28.1 Å². The molecule has 0 bridgehead atoms. The Morgan fingerprint density at radius 3 is 2.12 bits per heavy atom. The molecule has 1 aliphatic rings. The van der Waals surface area contributed by atoms with Gasteiger partial charge in [0.2, 0.25) is 10.0 Å². The van der Waals surface area contributed by atoms with Gasteiger partial charge in [-0.3, -0.25) is 14.3 Å². The molecule has 2 amide bonds. The zero-order valence-corrected chi connectivity index (χ0v) is 14.1. The van der Waals surface area contributed by atoms with Gasteiger partial charge >= 0.3 is 0 Å². The maximum absolute atomic E-state index is 12.5. The van der Waals surface area contributed by atoms with E-state index in [1.54, 1.807) is 43.3 Å². The summed E-state index contributed by atoms with van der Waals surface area (Å²) in [6.45, 7) is 3.28. The summed E-state index contributed by atoms with van der Waals surface area (Å²) in [5.74, 6) is -0.892. The number of nitrogens with one attached hydrogen (secondary N) is 1. The molecule has 1 aliphatic heterocycles. The SMILES string of the molecule is CCS(=O)(=O)Nc1cc(N2C(=O)c3ccccc3C2=O)ccc1C. The summed E-state index contributed by atoms with van der Waals surface area (Å²) in [6, 6.07) is 11.4. The first-order chi connectivity index (χ1) is 11.3. The van der Waals surface area contributed by atoms with Crippen LogP contribution in [0.4, 0.5) is 11.4 Å². The van der Waals surface area contributed by atoms with Crippen molar-refractivity contribution in [2.75, 3.05) is 15.4 Å². The van der Waals surface area contributed by atoms with Crippen LogP contribution in [-0.4, -0.2) is 26.0 Å². The summed E-state index contributed by atoms with van der Waals surface area (Å²) in [5.41, 5.74) is 2.08. The number of nitrogens with zero attached hydrogens (tertiary/aromatic N) is 1. The third-order valence-electron chi connectivity index (χ3n) is 3.92. The van der Waals surface area contributed by atoms with E-state index in [1.807, 2.05) is 0 Å². The van der Waals surface area contributed by atoms with E-state index < -0.39 is 21.8 Å². The summed E-state index contributed by atoms with van der Waals surface area (Å²) in [4.78, 5) is 26.1. The molecule has 2 aromatic carbocycles. The average molecular weight is 344 g/mol. The number of benzene rings is 2. The van der Waals surface area contributed by atoms with Crippen molar-refractivity contribution < 1.29 is 18.0 Å². The molecule has 0 aliphatic carbocycles. The lowest BCUT2D eigenvalue weighted by Gasteiger charge is -2.17. The number of fused-ring (bicyclic) bond motifs is 1. The van der Waals surface area contributed by atoms with E-state index in [-0.39, 0.29) is 5.75 Å². The van der Waals surface area contributed by atoms with Gasteiger partial charge in [-0.25, -0.2) is 13.3 Å². The first-order valence-electron chi connectivity index (χ1n) is 7.43. The number of hydrogen-bond acceptors (Lipinski definition) is 4. The van der Waals surface area contributed by atoms with E-state index in [2.05, 4.69) is 4.72 Å². The Kier molecular flexibility index (Phi) is 3.88. The molecule has 6 nitrogen and oxygen atoms in total. The van der Waals surface area contributed by atoms with Gasteiger partial charge in [0.15, 0.2) is 0 Å². The lowest BCUT2D eigenvalue weighted by Crippen LogP contribution is -2.29. The molecule has 0 aromatic heterocycles. The van der Waals surface area contributed by atoms with Crippen LogP contribution in [0.1, 0.15) is 33.2 Å². The Bertz CT molecular complexity index is 916. The second-order valence-electron chi connectivity index (χ2n) is 5.50. The van der Waals surface area contributed by atoms with Crippen molar-refractivity contribution in [2.24, 2.45) is 0 Å². The Morgan fingerprint density at radius 1 is 1.00 bits per heavy atom. The van der Waals surface area contributed by atoms with Gasteiger partial charge in [0.1, 0.15) is 0 Å². The summed E-state index contributed by atoms with van der Waals surface area (Å²) in [5, 5.41) is 0. The highest BCUT2D eigenvalue weighted by molar-refractivity contribution is 7.92. The summed E-state index contributed by atoms with van der Waals surface area (Å²) < 4.78 is 26.1. The number of sulfonamides is 1. The number of imide groups is 1. The summed E-state index contributed by atoms with van der Waals surface area (Å²) in [6.07, 6.45) is 0. The lowest BCUT2D eigenvalue weighted by molar-refractivity contribution is 0.0926. The van der Waals surface area contributed by atoms with E-state index in [0.717, 1.165) is 4.90 Å². The standard InChI is InChI=1S/C17H16N2O4S/c1-3-24(22,23)18-15-10-12(9-8-11(15)2)19-16(20)13-6-4-5-7-14(13)17(19)21/h4-10,18H,3H2,1-2H3. The molecule has 2 aromatic rings. The number of anilines is 2. The van der Waals surface area contributed by atoms with Crippen molar-refractivity contribution in [3.05, 3.63) is 59.2 Å². The molecule has 0 radical (unpaired) electrons. The monoisotopic (exact) mass is 344 g/mol. The van der Waals surface area contributed by atoms with Crippen LogP contribution in [0.2, 0.25) is 0 Å². The Balaban J connectivity index is 2.03. The molecular formula is C17H16N2O4S. The molecular weight excluding hydrogens is 328 g/mol. The van der Waals surface area contributed by atoms with Gasteiger partial charge in [-0.15, -0.1) is 0 Å². The number of aryl methyl sites for hydroxylation is 1. The molecule has 0 atom stereocenters. The number of amides is 2. The van der Waals surface area contributed by atoms with Crippen LogP contribution >= 0.6 is 0 Å². The zero-order chi connectivity index (χ0) is 17.5. The van der Waals surface area contributed by atoms with Crippen LogP contribution in [0.5, 0.6) is 0 Å². The van der Waals surface area contributed by atoms with Crippen LogP contribution in [0.25, 0.3) is 0 Å². The first kappa shape index (κ1) is 16.2. The van der Waals surface area contributed by atoms with Crippen LogP contribution in [0.15, 0.2) is 42.5 Å². The average Bonchev–Trinajstić information content (AvgIpc) is 2.81. The van der Waals surface area contributed by atoms with E-state index in [9.17, 15) is 18.0 Å². The van der Waals surface area contributed by atoms with E-state index in [1.165, 1.54) is 13.0 Å². The Hall–Kier alpha value is -2.67. The maximum Gasteiger partial charge on any atom is 0.266 e. The lowest BCUT2D eigenvalue weighted by atomic mass is 10.1. The summed E-state index contributed by atoms with van der Waals surface area (Å²) >= 11 is 0. The minimum Gasteiger partial charge on any atom is -0.283 e. The number of hydrogen-bond donors (Lipinski definition) is 1. The molecule has 0 saturated heterocycles. The molecule has 0 unspecified atom stereocenters. The van der Waals surface area contributed by atoms with Crippen LogP contribution in [0.3, 0.4) is 0 Å². The highest BCUT2D eigenvalue weighted by Crippen LogP contribution is 2.31. The smallest absolute Gasteiger partial charge is 0.266 e. The van der Waals surface area contributed by atoms with Gasteiger partial charge in [-0.2, -0.15) is 0 Å². The van der Waals surface area contributed by atoms with Gasteiger partial charge in [0.05, 0.1) is 28.3 Å². The van der Waals surface area contributed by atoms with Crippen molar-refractivity contribution in [3.8, 4) is 0 Å². The molecule has 1 N–H and O–H groups in total. The fourth-order valence-corrected chi connectivity index (χ4v) is 3.22. The maximum atomic E-state index is 12.5. The number of rotatable bonds is 4. The Labute approximate surface area is 140 Å². The third-order valence-corrected chi connectivity index (χ3v) is 5.21. The number of carbonyl (C=O) groups excluding carboxylic acids is 2. The van der Waals surface area contributed by atoms with E-state index in [4.69, 9.17) is 0 Å². The van der Waals surface area contributed by atoms with Gasteiger partial charge in [-0.05, 0) is 43.7 Å². The van der Waals surface area contributed by atoms with Crippen molar-refractivity contribution in [1.82, 2.24) is 0 Å². The van der Waals surface area contributed by atoms with Crippen LogP contribution in [0, 0.1) is 6.92 Å². The van der Waals surface area contributed by atoms with Crippen molar-refractivity contribution >= 4 is 33.2 Å². The van der Waals surface area contributed by atoms with Crippen molar-refractivity contribution in [1.29, 1.82) is 0 Å². The Morgan fingerprint density at radius 2 is 1.58 bits per heavy atom. The quantitative estimate of drug-likeness (QED) is 0.864. The molecule has 1 heterocycles. The molecule has 24 heavy (non-hydrogen) atoms. The topological polar surface area (TPSA) is 83.6 Å². The molecule has 124 valence electrons. The minimum absolute atomic E-state index is 0.0658. The minimum atomic E-state index is -3.45. The molecule has 3 rings (SSSR count). The second-order valence-corrected chi connectivity index (χ2v) is 7.51. The van der Waals surface area contributed by atoms with Gasteiger partial charge in [0, 0.05) is 0 Å². The normalized spacial score (nSPS) is 14.0. The highest BCUT2D eigenvalue weighted by Gasteiger charge is 2.36.